The standard InChI is InChI=1S/C27H33ClN4O4/c1-3-36-25(33)16-29-27(35)31-18-20-9-5-6-10-24(20)32(17-19(31)2)26(34)22-12-11-21(15-23(22)28)30-13-7-4-8-14-30/h5-6,9-12,15,19H,3-4,7-8,13-14,16-18H2,1-2H3,(H,29,35). The molecule has 2 heterocycles. The summed E-state index contributed by atoms with van der Waals surface area (Å²) < 4.78 is 4.90. The van der Waals surface area contributed by atoms with E-state index in [1.54, 1.807) is 22.8 Å². The first kappa shape index (κ1) is 25.8. The highest BCUT2D eigenvalue weighted by Crippen LogP contribution is 2.32. The highest BCUT2D eigenvalue weighted by molar-refractivity contribution is 6.34. The number of ether oxygens (including phenoxy) is 1. The molecule has 0 saturated carbocycles. The van der Waals surface area contributed by atoms with E-state index in [2.05, 4.69) is 10.2 Å². The van der Waals surface area contributed by atoms with E-state index in [1.165, 1.54) is 6.42 Å². The molecule has 8 nitrogen and oxygen atoms in total. The number of carbonyl (C=O) groups excluding carboxylic acids is 3. The number of esters is 1. The van der Waals surface area contributed by atoms with Crippen LogP contribution in [0.3, 0.4) is 0 Å². The van der Waals surface area contributed by atoms with Crippen LogP contribution in [0.25, 0.3) is 0 Å². The summed E-state index contributed by atoms with van der Waals surface area (Å²) in [5.41, 5.74) is 3.04. The van der Waals surface area contributed by atoms with Gasteiger partial charge in [0.25, 0.3) is 5.91 Å². The number of halogens is 1. The summed E-state index contributed by atoms with van der Waals surface area (Å²) in [6.07, 6.45) is 3.56. The van der Waals surface area contributed by atoms with Crippen LogP contribution < -0.4 is 15.1 Å². The Morgan fingerprint density at radius 3 is 2.56 bits per heavy atom. The van der Waals surface area contributed by atoms with Gasteiger partial charge < -0.3 is 24.8 Å². The Labute approximate surface area is 217 Å². The van der Waals surface area contributed by atoms with E-state index < -0.39 is 5.97 Å². The topological polar surface area (TPSA) is 82.2 Å². The Hall–Kier alpha value is -3.26. The minimum Gasteiger partial charge on any atom is -0.465 e. The van der Waals surface area contributed by atoms with E-state index >= 15 is 0 Å². The van der Waals surface area contributed by atoms with Crippen molar-refractivity contribution in [1.29, 1.82) is 0 Å². The van der Waals surface area contributed by atoms with E-state index in [0.29, 0.717) is 17.1 Å². The van der Waals surface area contributed by atoms with Crippen molar-refractivity contribution in [3.63, 3.8) is 0 Å². The Morgan fingerprint density at radius 1 is 1.08 bits per heavy atom. The van der Waals surface area contributed by atoms with Crippen LogP contribution in [-0.2, 0) is 16.1 Å². The number of urea groups is 1. The molecule has 2 aliphatic rings. The van der Waals surface area contributed by atoms with Gasteiger partial charge in [0.15, 0.2) is 0 Å². The monoisotopic (exact) mass is 512 g/mol. The predicted molar refractivity (Wildman–Crippen MR) is 141 cm³/mol. The summed E-state index contributed by atoms with van der Waals surface area (Å²) in [6, 6.07) is 12.5. The van der Waals surface area contributed by atoms with Crippen molar-refractivity contribution in [2.75, 3.05) is 42.6 Å². The third-order valence-corrected chi connectivity index (χ3v) is 7.01. The molecule has 36 heavy (non-hydrogen) atoms. The van der Waals surface area contributed by atoms with Crippen molar-refractivity contribution < 1.29 is 19.1 Å². The number of nitrogens with one attached hydrogen (secondary N) is 1. The average Bonchev–Trinajstić information content (AvgIpc) is 3.04. The molecule has 9 heteroatoms. The van der Waals surface area contributed by atoms with Crippen LogP contribution in [0.15, 0.2) is 42.5 Å². The molecule has 1 atom stereocenters. The first-order valence-electron chi connectivity index (χ1n) is 12.5. The average molecular weight is 513 g/mol. The zero-order valence-electron chi connectivity index (χ0n) is 20.8. The van der Waals surface area contributed by atoms with Gasteiger partial charge in [-0.2, -0.15) is 0 Å². The summed E-state index contributed by atoms with van der Waals surface area (Å²) in [5.74, 6) is -0.702. The van der Waals surface area contributed by atoms with Crippen LogP contribution >= 0.6 is 11.6 Å². The lowest BCUT2D eigenvalue weighted by atomic mass is 10.1. The van der Waals surface area contributed by atoms with Crippen LogP contribution in [0.4, 0.5) is 16.2 Å². The Bertz CT molecular complexity index is 1120. The third-order valence-electron chi connectivity index (χ3n) is 6.70. The molecule has 3 amide bonds. The number of fused-ring (bicyclic) bond motifs is 1. The molecule has 1 unspecified atom stereocenters. The predicted octanol–water partition coefficient (Wildman–Crippen LogP) is 4.45. The molecule has 0 bridgehead atoms. The zero-order valence-corrected chi connectivity index (χ0v) is 21.6. The van der Waals surface area contributed by atoms with Gasteiger partial charge in [0.1, 0.15) is 6.54 Å². The molecule has 192 valence electrons. The van der Waals surface area contributed by atoms with Crippen LogP contribution in [0.5, 0.6) is 0 Å². The minimum absolute atomic E-state index is 0.209. The van der Waals surface area contributed by atoms with Crippen LogP contribution in [0.2, 0.25) is 5.02 Å². The summed E-state index contributed by atoms with van der Waals surface area (Å²) in [4.78, 5) is 44.1. The van der Waals surface area contributed by atoms with Crippen molar-refractivity contribution in [3.8, 4) is 0 Å². The second-order valence-electron chi connectivity index (χ2n) is 9.20. The molecule has 0 aromatic heterocycles. The summed E-state index contributed by atoms with van der Waals surface area (Å²) in [7, 11) is 0. The number of hydrogen-bond donors (Lipinski definition) is 1. The fraction of sp³-hybridized carbons (Fsp3) is 0.444. The lowest BCUT2D eigenvalue weighted by Crippen LogP contribution is -2.49. The second kappa shape index (κ2) is 11.6. The number of nitrogens with zero attached hydrogens (tertiary/aromatic N) is 3. The Morgan fingerprint density at radius 2 is 1.83 bits per heavy atom. The maximum atomic E-state index is 13.8. The summed E-state index contributed by atoms with van der Waals surface area (Å²) in [6.45, 7) is 6.22. The lowest BCUT2D eigenvalue weighted by molar-refractivity contribution is -0.141. The van der Waals surface area contributed by atoms with Crippen molar-refractivity contribution in [1.82, 2.24) is 10.2 Å². The van der Waals surface area contributed by atoms with Crippen molar-refractivity contribution in [2.45, 2.75) is 45.7 Å². The maximum Gasteiger partial charge on any atom is 0.325 e. The molecule has 1 fully saturated rings. The number of amides is 3. The molecule has 2 aromatic carbocycles. The van der Waals surface area contributed by atoms with E-state index in [0.717, 1.165) is 42.9 Å². The van der Waals surface area contributed by atoms with Gasteiger partial charge in [-0.05, 0) is 62.9 Å². The normalized spacial score (nSPS) is 17.8. The van der Waals surface area contributed by atoms with Crippen LogP contribution in [-0.4, -0.2) is 61.6 Å². The van der Waals surface area contributed by atoms with Gasteiger partial charge in [0, 0.05) is 43.6 Å². The summed E-state index contributed by atoms with van der Waals surface area (Å²) >= 11 is 6.65. The van der Waals surface area contributed by atoms with E-state index in [9.17, 15) is 14.4 Å². The van der Waals surface area contributed by atoms with Crippen LogP contribution in [0.1, 0.15) is 49.0 Å². The lowest BCUT2D eigenvalue weighted by Gasteiger charge is -2.30. The highest BCUT2D eigenvalue weighted by atomic mass is 35.5. The van der Waals surface area contributed by atoms with Crippen molar-refractivity contribution in [3.05, 3.63) is 58.6 Å². The van der Waals surface area contributed by atoms with Gasteiger partial charge in [-0.25, -0.2) is 4.79 Å². The van der Waals surface area contributed by atoms with Gasteiger partial charge in [0.2, 0.25) is 0 Å². The van der Waals surface area contributed by atoms with Crippen molar-refractivity contribution in [2.24, 2.45) is 0 Å². The molecule has 0 aliphatic carbocycles. The number of benzene rings is 2. The number of anilines is 2. The molecule has 1 N–H and O–H groups in total. The Balaban J connectivity index is 1.56. The molecule has 0 radical (unpaired) electrons. The minimum atomic E-state index is -0.492. The highest BCUT2D eigenvalue weighted by Gasteiger charge is 2.32. The number of piperidine rings is 1. The number of hydrogen-bond acceptors (Lipinski definition) is 5. The smallest absolute Gasteiger partial charge is 0.325 e. The van der Waals surface area contributed by atoms with Gasteiger partial charge in [-0.1, -0.05) is 29.8 Å². The first-order valence-corrected chi connectivity index (χ1v) is 12.9. The number of para-hydroxylation sites is 1. The fourth-order valence-electron chi connectivity index (χ4n) is 4.81. The van der Waals surface area contributed by atoms with Gasteiger partial charge in [-0.15, -0.1) is 0 Å². The molecule has 0 spiro atoms. The third kappa shape index (κ3) is 5.75. The van der Waals surface area contributed by atoms with Crippen LogP contribution in [0, 0.1) is 0 Å². The summed E-state index contributed by atoms with van der Waals surface area (Å²) in [5, 5.41) is 3.05. The van der Waals surface area contributed by atoms with Gasteiger partial charge in [0.05, 0.1) is 17.2 Å². The molecule has 2 aliphatic heterocycles. The van der Waals surface area contributed by atoms with E-state index in [1.807, 2.05) is 43.3 Å². The molecule has 4 rings (SSSR count). The Kier molecular flexibility index (Phi) is 8.36. The first-order chi connectivity index (χ1) is 17.4. The molecule has 1 saturated heterocycles. The fourth-order valence-corrected chi connectivity index (χ4v) is 5.06. The number of carbonyl (C=O) groups is 3. The van der Waals surface area contributed by atoms with E-state index in [-0.39, 0.29) is 37.7 Å². The SMILES string of the molecule is CCOC(=O)CNC(=O)N1Cc2ccccc2N(C(=O)c2ccc(N3CCCCC3)cc2Cl)CC1C. The maximum absolute atomic E-state index is 13.8. The van der Waals surface area contributed by atoms with Gasteiger partial charge in [-0.3, -0.25) is 9.59 Å². The largest absolute Gasteiger partial charge is 0.465 e. The van der Waals surface area contributed by atoms with Crippen molar-refractivity contribution >= 4 is 40.9 Å². The molecular weight excluding hydrogens is 480 g/mol. The molecular formula is C27H33ClN4O4. The molecule has 2 aromatic rings. The quantitative estimate of drug-likeness (QED) is 0.598. The van der Waals surface area contributed by atoms with E-state index in [4.69, 9.17) is 16.3 Å². The number of rotatable bonds is 5. The zero-order chi connectivity index (χ0) is 25.7. The second-order valence-corrected chi connectivity index (χ2v) is 9.60. The van der Waals surface area contributed by atoms with Gasteiger partial charge >= 0.3 is 12.0 Å².